The summed E-state index contributed by atoms with van der Waals surface area (Å²) in [5.74, 6) is 0. The summed E-state index contributed by atoms with van der Waals surface area (Å²) in [6.45, 7) is 8.01. The minimum absolute atomic E-state index is 0. The second kappa shape index (κ2) is 24.3. The van der Waals surface area contributed by atoms with Crippen molar-refractivity contribution in [3.63, 3.8) is 0 Å². The molecule has 1 aliphatic heterocycles. The first-order chi connectivity index (χ1) is 22.4. The van der Waals surface area contributed by atoms with E-state index in [1.165, 1.54) is 105 Å². The van der Waals surface area contributed by atoms with E-state index in [1.807, 2.05) is 20.8 Å². The summed E-state index contributed by atoms with van der Waals surface area (Å²) in [5.41, 5.74) is 5.36. The molecule has 1 heterocycles. The molecule has 4 heteroatoms. The Bertz CT molecular complexity index is 1060. The fraction of sp³-hybridized carbons (Fsp3) is 0.442. The molecule has 4 aromatic rings. The van der Waals surface area contributed by atoms with Crippen LogP contribution in [0, 0.1) is 0 Å². The zero-order chi connectivity index (χ0) is 32.8. The normalized spacial score (nSPS) is 15.4. The summed E-state index contributed by atoms with van der Waals surface area (Å²) in [6, 6.07) is 43.5. The summed E-state index contributed by atoms with van der Waals surface area (Å²) in [7, 11) is 0. The third-order valence-corrected chi connectivity index (χ3v) is 8.78. The third kappa shape index (κ3) is 15.9. The van der Waals surface area contributed by atoms with Gasteiger partial charge in [0.2, 0.25) is 0 Å². The fourth-order valence-corrected chi connectivity index (χ4v) is 6.58. The van der Waals surface area contributed by atoms with Crippen molar-refractivity contribution < 1.29 is 30.9 Å². The molecule has 2 aliphatic carbocycles. The third-order valence-electron chi connectivity index (χ3n) is 8.78. The van der Waals surface area contributed by atoms with Crippen molar-refractivity contribution >= 4 is 40.6 Å². The Kier molecular flexibility index (Phi) is 21.4. The first kappa shape index (κ1) is 41.3. The van der Waals surface area contributed by atoms with E-state index >= 15 is 0 Å². The van der Waals surface area contributed by atoms with Gasteiger partial charge in [0.15, 0.2) is 0 Å². The van der Waals surface area contributed by atoms with E-state index in [0.29, 0.717) is 0 Å². The van der Waals surface area contributed by atoms with Gasteiger partial charge in [0, 0.05) is 13.2 Å². The average molecular weight is 726 g/mol. The van der Waals surface area contributed by atoms with Crippen molar-refractivity contribution in [2.45, 2.75) is 109 Å². The minimum Gasteiger partial charge on any atom is -0.787 e. The maximum Gasteiger partial charge on any atom is 2.00 e. The SMILES string of the molecule is C1CCCC1.C1CCCC1.C1CCOCC1.CC(C)(C)[S-].[Zr+2].c1ccc([B-](c2ccccc2)(c2ccccc2)c2ccccc2)cc1. The first-order valence-corrected chi connectivity index (χ1v) is 18.5. The quantitative estimate of drug-likeness (QED) is 0.153. The summed E-state index contributed by atoms with van der Waals surface area (Å²) in [6.07, 6.45) is 17.7. The van der Waals surface area contributed by atoms with Crippen LogP contribution >= 0.6 is 0 Å². The molecule has 0 N–H and O–H groups in total. The smallest absolute Gasteiger partial charge is 0.787 e. The number of hydrogen-bond acceptors (Lipinski definition) is 2. The van der Waals surface area contributed by atoms with Crippen LogP contribution < -0.4 is 21.9 Å². The maximum absolute atomic E-state index is 5.07. The predicted octanol–water partition coefficient (Wildman–Crippen LogP) is 9.48. The summed E-state index contributed by atoms with van der Waals surface area (Å²) in [5, 5.41) is 0. The Hall–Kier alpha value is -1.86. The molecule has 1 nitrogen and oxygen atoms in total. The van der Waals surface area contributed by atoms with Crippen LogP contribution in [0.3, 0.4) is 0 Å². The van der Waals surface area contributed by atoms with Gasteiger partial charge in [-0.1, -0.05) is 206 Å². The Morgan fingerprint density at radius 1 is 0.404 bits per heavy atom. The average Bonchev–Trinajstić information content (AvgIpc) is 3.89. The number of ether oxygens (including phenoxy) is 1. The van der Waals surface area contributed by atoms with Gasteiger partial charge in [-0.3, -0.25) is 0 Å². The molecule has 0 atom stereocenters. The van der Waals surface area contributed by atoms with Crippen molar-refractivity contribution in [3.8, 4) is 0 Å². The van der Waals surface area contributed by atoms with Gasteiger partial charge in [0.25, 0.3) is 0 Å². The molecule has 0 amide bonds. The van der Waals surface area contributed by atoms with Crippen LogP contribution in [0.2, 0.25) is 0 Å². The van der Waals surface area contributed by atoms with E-state index < -0.39 is 6.15 Å². The molecular weight excluding hydrogens is 667 g/mol. The largest absolute Gasteiger partial charge is 2.00 e. The molecule has 0 aromatic heterocycles. The maximum atomic E-state index is 5.07. The Labute approximate surface area is 313 Å². The number of benzene rings is 4. The van der Waals surface area contributed by atoms with E-state index in [9.17, 15) is 0 Å². The topological polar surface area (TPSA) is 9.23 Å². The Morgan fingerprint density at radius 2 is 0.596 bits per heavy atom. The van der Waals surface area contributed by atoms with Crippen LogP contribution in [0.25, 0.3) is 0 Å². The van der Waals surface area contributed by atoms with Crippen molar-refractivity contribution in [2.24, 2.45) is 0 Å². The van der Waals surface area contributed by atoms with Crippen LogP contribution in [0.4, 0.5) is 0 Å². The van der Waals surface area contributed by atoms with Gasteiger partial charge in [-0.25, -0.2) is 0 Å². The van der Waals surface area contributed by atoms with E-state index in [2.05, 4.69) is 121 Å². The summed E-state index contributed by atoms with van der Waals surface area (Å²) < 4.78 is 5.15. The van der Waals surface area contributed by atoms with Crippen molar-refractivity contribution in [3.05, 3.63) is 121 Å². The van der Waals surface area contributed by atoms with E-state index in [1.54, 1.807) is 0 Å². The molecule has 0 unspecified atom stereocenters. The van der Waals surface area contributed by atoms with E-state index in [0.717, 1.165) is 13.2 Å². The standard InChI is InChI=1S/C24H20B.C5H10O.2C5H10.C4H10S.Zr/c1-5-13-21(14-6-1)25(22-15-7-2-8-16-22,23-17-9-3-10-18-23)24-19-11-4-12-20-24;1-2-4-6-5-3-1;2*1-2-4-5-3-1;1-4(2,3)5;/h1-20H;1-5H2;2*1-5H2;5H,1-3H3;/q-1;;;;;+2/p-1. The Morgan fingerprint density at radius 3 is 0.745 bits per heavy atom. The second-order valence-corrected chi connectivity index (χ2v) is 15.1. The van der Waals surface area contributed by atoms with Crippen LogP contribution in [-0.2, 0) is 43.6 Å². The molecule has 3 aliphatic rings. The van der Waals surface area contributed by atoms with Crippen molar-refractivity contribution in [1.29, 1.82) is 0 Å². The zero-order valence-corrected chi connectivity index (χ0v) is 32.8. The van der Waals surface area contributed by atoms with Gasteiger partial charge in [0.05, 0.1) is 0 Å². The minimum atomic E-state index is -1.22. The van der Waals surface area contributed by atoms with E-state index in [-0.39, 0.29) is 31.0 Å². The molecule has 0 bridgehead atoms. The molecule has 2 saturated carbocycles. The van der Waals surface area contributed by atoms with Crippen LogP contribution in [0.15, 0.2) is 121 Å². The summed E-state index contributed by atoms with van der Waals surface area (Å²) in [4.78, 5) is 0. The molecule has 4 aromatic carbocycles. The fourth-order valence-electron chi connectivity index (χ4n) is 6.58. The molecule has 0 spiro atoms. The second-order valence-electron chi connectivity index (χ2n) is 13.8. The van der Waals surface area contributed by atoms with Crippen LogP contribution in [0.5, 0.6) is 0 Å². The van der Waals surface area contributed by atoms with Crippen molar-refractivity contribution in [1.82, 2.24) is 0 Å². The molecule has 7 rings (SSSR count). The van der Waals surface area contributed by atoms with Crippen LogP contribution in [-0.4, -0.2) is 24.1 Å². The predicted molar refractivity (Wildman–Crippen MR) is 208 cm³/mol. The molecule has 0 radical (unpaired) electrons. The monoisotopic (exact) mass is 724 g/mol. The van der Waals surface area contributed by atoms with Gasteiger partial charge < -0.3 is 17.4 Å². The van der Waals surface area contributed by atoms with Gasteiger partial charge >= 0.3 is 26.2 Å². The van der Waals surface area contributed by atoms with Gasteiger partial charge in [-0.2, -0.15) is 26.6 Å². The van der Waals surface area contributed by atoms with Gasteiger partial charge in [0.1, 0.15) is 6.15 Å². The molecule has 3 fully saturated rings. The molecule has 47 heavy (non-hydrogen) atoms. The zero-order valence-electron chi connectivity index (χ0n) is 29.5. The molecule has 1 saturated heterocycles. The molecular formula is C43H59BOSZr. The van der Waals surface area contributed by atoms with Crippen LogP contribution in [0.1, 0.15) is 104 Å². The number of hydrogen-bond donors (Lipinski definition) is 0. The Balaban J connectivity index is 0.000000280. The molecule has 250 valence electrons. The summed E-state index contributed by atoms with van der Waals surface area (Å²) >= 11 is 4.83. The van der Waals surface area contributed by atoms with Crippen molar-refractivity contribution in [2.75, 3.05) is 13.2 Å². The first-order valence-electron chi connectivity index (χ1n) is 18.1. The van der Waals surface area contributed by atoms with E-state index in [4.69, 9.17) is 17.4 Å². The number of rotatable bonds is 4. The van der Waals surface area contributed by atoms with Gasteiger partial charge in [-0.05, 0) is 19.3 Å². The van der Waals surface area contributed by atoms with Gasteiger partial charge in [-0.15, -0.1) is 0 Å².